The molecule has 2 N–H and O–H groups in total. The number of benzene rings is 2. The number of rotatable bonds is 5. The zero-order chi connectivity index (χ0) is 19.4. The number of halogens is 1. The third-order valence-corrected chi connectivity index (χ3v) is 4.95. The van der Waals surface area contributed by atoms with E-state index in [0.29, 0.717) is 16.3 Å². The summed E-state index contributed by atoms with van der Waals surface area (Å²) >= 11 is 5.90. The van der Waals surface area contributed by atoms with Crippen molar-refractivity contribution in [2.75, 3.05) is 13.1 Å². The summed E-state index contributed by atoms with van der Waals surface area (Å²) in [5, 5.41) is 19.8. The third-order valence-electron chi connectivity index (χ3n) is 4.69. The lowest BCUT2D eigenvalue weighted by atomic mass is 9.91. The molecule has 7 heteroatoms. The van der Waals surface area contributed by atoms with Crippen LogP contribution in [0.1, 0.15) is 24.5 Å². The van der Waals surface area contributed by atoms with Crippen molar-refractivity contribution >= 4 is 23.5 Å². The lowest BCUT2D eigenvalue weighted by Gasteiger charge is -2.36. The van der Waals surface area contributed by atoms with Gasteiger partial charge < -0.3 is 19.8 Å². The molecule has 1 unspecified atom stereocenters. The Bertz CT molecular complexity index is 801. The average molecular weight is 390 g/mol. The van der Waals surface area contributed by atoms with Crippen molar-refractivity contribution in [1.82, 2.24) is 4.90 Å². The Hall–Kier alpha value is -2.57. The van der Waals surface area contributed by atoms with Crippen LogP contribution in [0, 0.1) is 0 Å². The number of carboxylic acids is 1. The van der Waals surface area contributed by atoms with Crippen LogP contribution in [-0.2, 0) is 9.59 Å². The molecule has 0 aliphatic carbocycles. The summed E-state index contributed by atoms with van der Waals surface area (Å²) in [6.45, 7) is 0.296. The first kappa shape index (κ1) is 19.2. The van der Waals surface area contributed by atoms with E-state index in [-0.39, 0.29) is 31.8 Å². The molecule has 0 radical (unpaired) electrons. The minimum absolute atomic E-state index is 0.0173. The molecule has 0 aromatic heterocycles. The second kappa shape index (κ2) is 7.98. The Morgan fingerprint density at radius 1 is 1.04 bits per heavy atom. The first-order valence-corrected chi connectivity index (χ1v) is 8.98. The molecular weight excluding hydrogens is 370 g/mol. The van der Waals surface area contributed by atoms with Gasteiger partial charge in [0, 0.05) is 36.5 Å². The standard InChI is InChI=1S/C20H20ClNO5/c21-15-6-8-16(9-7-15)27-17(14-4-2-1-3-5-14)18(23)22-12-10-20(26,11-13-22)19(24)25/h1-9,17,26H,10-13H2,(H,24,25). The van der Waals surface area contributed by atoms with E-state index in [1.54, 1.807) is 36.4 Å². The van der Waals surface area contributed by atoms with Gasteiger partial charge in [0.1, 0.15) is 5.75 Å². The van der Waals surface area contributed by atoms with Gasteiger partial charge in [-0.05, 0) is 24.3 Å². The maximum absolute atomic E-state index is 13.1. The van der Waals surface area contributed by atoms with E-state index < -0.39 is 17.7 Å². The molecule has 0 spiro atoms. The normalized spacial score (nSPS) is 17.2. The van der Waals surface area contributed by atoms with Gasteiger partial charge in [-0.25, -0.2) is 4.79 Å². The molecule has 0 saturated carbocycles. The molecule has 2 aromatic rings. The molecule has 1 aliphatic rings. The van der Waals surface area contributed by atoms with Crippen LogP contribution in [-0.4, -0.2) is 45.7 Å². The molecule has 1 saturated heterocycles. The zero-order valence-electron chi connectivity index (χ0n) is 14.5. The number of hydrogen-bond acceptors (Lipinski definition) is 4. The quantitative estimate of drug-likeness (QED) is 0.821. The molecule has 142 valence electrons. The van der Waals surface area contributed by atoms with Crippen molar-refractivity contribution in [2.45, 2.75) is 24.5 Å². The molecule has 27 heavy (non-hydrogen) atoms. The van der Waals surface area contributed by atoms with Crippen LogP contribution in [0.15, 0.2) is 54.6 Å². The Labute approximate surface area is 161 Å². The predicted molar refractivity (Wildman–Crippen MR) is 99.7 cm³/mol. The minimum atomic E-state index is -1.78. The number of aliphatic hydroxyl groups is 1. The van der Waals surface area contributed by atoms with Crippen molar-refractivity contribution in [3.63, 3.8) is 0 Å². The fourth-order valence-electron chi connectivity index (χ4n) is 3.01. The highest BCUT2D eigenvalue weighted by Gasteiger charge is 2.41. The summed E-state index contributed by atoms with van der Waals surface area (Å²) < 4.78 is 5.94. The summed E-state index contributed by atoms with van der Waals surface area (Å²) in [6, 6.07) is 15.8. The number of carbonyl (C=O) groups excluding carboxylic acids is 1. The topological polar surface area (TPSA) is 87.1 Å². The van der Waals surface area contributed by atoms with Crippen LogP contribution >= 0.6 is 11.6 Å². The van der Waals surface area contributed by atoms with Crippen LogP contribution in [0.3, 0.4) is 0 Å². The van der Waals surface area contributed by atoms with E-state index in [1.807, 2.05) is 18.2 Å². The Morgan fingerprint density at radius 2 is 1.63 bits per heavy atom. The number of amides is 1. The van der Waals surface area contributed by atoms with E-state index in [4.69, 9.17) is 21.4 Å². The van der Waals surface area contributed by atoms with Crippen LogP contribution < -0.4 is 4.74 Å². The molecule has 1 fully saturated rings. The SMILES string of the molecule is O=C(C(Oc1ccc(Cl)cc1)c1ccccc1)N1CCC(O)(C(=O)O)CC1. The summed E-state index contributed by atoms with van der Waals surface area (Å²) in [4.78, 5) is 25.8. The summed E-state index contributed by atoms with van der Waals surface area (Å²) in [5.74, 6) is -1.03. The number of likely N-dealkylation sites (tertiary alicyclic amines) is 1. The van der Waals surface area contributed by atoms with Crippen molar-refractivity contribution in [3.05, 3.63) is 65.2 Å². The van der Waals surface area contributed by atoms with Gasteiger partial charge in [0.05, 0.1) is 0 Å². The average Bonchev–Trinajstić information content (AvgIpc) is 2.68. The second-order valence-corrected chi connectivity index (χ2v) is 6.96. The van der Waals surface area contributed by atoms with Crippen molar-refractivity contribution in [3.8, 4) is 5.75 Å². The smallest absolute Gasteiger partial charge is 0.335 e. The lowest BCUT2D eigenvalue weighted by Crippen LogP contribution is -2.52. The highest BCUT2D eigenvalue weighted by molar-refractivity contribution is 6.30. The van der Waals surface area contributed by atoms with Crippen molar-refractivity contribution in [1.29, 1.82) is 0 Å². The van der Waals surface area contributed by atoms with E-state index in [0.717, 1.165) is 0 Å². The van der Waals surface area contributed by atoms with Gasteiger partial charge in [-0.3, -0.25) is 4.79 Å². The maximum Gasteiger partial charge on any atom is 0.335 e. The van der Waals surface area contributed by atoms with E-state index in [2.05, 4.69) is 0 Å². The molecule has 2 aromatic carbocycles. The van der Waals surface area contributed by atoms with Crippen LogP contribution in [0.2, 0.25) is 5.02 Å². The molecule has 1 atom stereocenters. The van der Waals surface area contributed by atoms with Gasteiger partial charge in [-0.1, -0.05) is 41.9 Å². The van der Waals surface area contributed by atoms with Crippen molar-refractivity contribution < 1.29 is 24.5 Å². The van der Waals surface area contributed by atoms with Gasteiger partial charge in [-0.2, -0.15) is 0 Å². The number of nitrogens with zero attached hydrogens (tertiary/aromatic N) is 1. The third kappa shape index (κ3) is 4.40. The number of carbonyl (C=O) groups is 2. The first-order chi connectivity index (χ1) is 12.9. The Balaban J connectivity index is 1.79. The molecule has 1 heterocycles. The number of hydrogen-bond donors (Lipinski definition) is 2. The molecule has 1 amide bonds. The predicted octanol–water partition coefficient (Wildman–Crippen LogP) is 2.90. The van der Waals surface area contributed by atoms with Gasteiger partial charge >= 0.3 is 5.97 Å². The highest BCUT2D eigenvalue weighted by Crippen LogP contribution is 2.28. The minimum Gasteiger partial charge on any atom is -0.479 e. The molecular formula is C20H20ClNO5. The summed E-state index contributed by atoms with van der Waals surface area (Å²) in [7, 11) is 0. The van der Waals surface area contributed by atoms with Gasteiger partial charge in [0.2, 0.25) is 6.10 Å². The fourth-order valence-corrected chi connectivity index (χ4v) is 3.14. The second-order valence-electron chi connectivity index (χ2n) is 6.52. The first-order valence-electron chi connectivity index (χ1n) is 8.61. The lowest BCUT2D eigenvalue weighted by molar-refractivity contribution is -0.166. The van der Waals surface area contributed by atoms with Crippen LogP contribution in [0.4, 0.5) is 0 Å². The zero-order valence-corrected chi connectivity index (χ0v) is 15.3. The molecule has 3 rings (SSSR count). The van der Waals surface area contributed by atoms with E-state index >= 15 is 0 Å². The number of piperidine rings is 1. The van der Waals surface area contributed by atoms with E-state index in [9.17, 15) is 14.7 Å². The van der Waals surface area contributed by atoms with Crippen LogP contribution in [0.5, 0.6) is 5.75 Å². The fraction of sp³-hybridized carbons (Fsp3) is 0.300. The molecule has 1 aliphatic heterocycles. The largest absolute Gasteiger partial charge is 0.479 e. The number of carboxylic acid groups (broad SMARTS) is 1. The summed E-state index contributed by atoms with van der Waals surface area (Å²) in [5.41, 5.74) is -1.09. The Morgan fingerprint density at radius 3 is 2.19 bits per heavy atom. The van der Waals surface area contributed by atoms with E-state index in [1.165, 1.54) is 4.90 Å². The monoisotopic (exact) mass is 389 g/mol. The molecule has 0 bridgehead atoms. The maximum atomic E-state index is 13.1. The van der Waals surface area contributed by atoms with Gasteiger partial charge in [0.15, 0.2) is 5.60 Å². The number of ether oxygens (including phenoxy) is 1. The molecule has 6 nitrogen and oxygen atoms in total. The van der Waals surface area contributed by atoms with Gasteiger partial charge in [-0.15, -0.1) is 0 Å². The van der Waals surface area contributed by atoms with Gasteiger partial charge in [0.25, 0.3) is 5.91 Å². The van der Waals surface area contributed by atoms with Crippen molar-refractivity contribution in [2.24, 2.45) is 0 Å². The van der Waals surface area contributed by atoms with Crippen LogP contribution in [0.25, 0.3) is 0 Å². The Kier molecular flexibility index (Phi) is 5.68. The number of aliphatic carboxylic acids is 1. The summed E-state index contributed by atoms with van der Waals surface area (Å²) in [6.07, 6.45) is -0.907. The highest BCUT2D eigenvalue weighted by atomic mass is 35.5.